The maximum atomic E-state index is 11.2. The van der Waals surface area contributed by atoms with Crippen LogP contribution in [0.2, 0.25) is 0 Å². The van der Waals surface area contributed by atoms with Gasteiger partial charge in [0.2, 0.25) is 0 Å². The Morgan fingerprint density at radius 3 is 3.00 bits per heavy atom. The van der Waals surface area contributed by atoms with Crippen LogP contribution in [0.25, 0.3) is 0 Å². The second-order valence-corrected chi connectivity index (χ2v) is 3.58. The Kier molecular flexibility index (Phi) is 3.48. The first-order chi connectivity index (χ1) is 6.16. The highest BCUT2D eigenvalue weighted by molar-refractivity contribution is 9.10. The highest BCUT2D eigenvalue weighted by atomic mass is 79.9. The minimum atomic E-state index is -0.145. The van der Waals surface area contributed by atoms with E-state index < -0.39 is 0 Å². The Hall–Kier alpha value is -0.840. The van der Waals surface area contributed by atoms with E-state index in [1.165, 1.54) is 6.33 Å². The molecule has 0 fully saturated rings. The molecule has 0 atom stereocenters. The molecule has 0 amide bonds. The molecule has 1 aromatic heterocycles. The van der Waals surface area contributed by atoms with Crippen molar-refractivity contribution in [2.75, 3.05) is 18.5 Å². The van der Waals surface area contributed by atoms with Crippen LogP contribution in [0.15, 0.2) is 15.6 Å². The van der Waals surface area contributed by atoms with Gasteiger partial charge >= 0.3 is 0 Å². The summed E-state index contributed by atoms with van der Waals surface area (Å²) in [6.45, 7) is 2.96. The molecule has 0 saturated carbocycles. The molecule has 0 unspecified atom stereocenters. The van der Waals surface area contributed by atoms with E-state index in [1.807, 2.05) is 11.9 Å². The van der Waals surface area contributed by atoms with Crippen LogP contribution in [0.4, 0.5) is 5.82 Å². The molecule has 13 heavy (non-hydrogen) atoms. The summed E-state index contributed by atoms with van der Waals surface area (Å²) < 4.78 is 0.492. The Labute approximate surface area is 85.1 Å². The lowest BCUT2D eigenvalue weighted by molar-refractivity contribution is 0.829. The number of anilines is 1. The lowest BCUT2D eigenvalue weighted by atomic mass is 10.4. The van der Waals surface area contributed by atoms with Crippen molar-refractivity contribution in [2.24, 2.45) is 0 Å². The standard InChI is InChI=1S/C8H12BrN3O/c1-3-4-12(2)7-6(9)8(13)11-5-10-7/h5H,3-4H2,1-2H3,(H,10,11,13). The van der Waals surface area contributed by atoms with E-state index in [0.29, 0.717) is 10.3 Å². The van der Waals surface area contributed by atoms with Gasteiger partial charge in [-0.1, -0.05) is 6.92 Å². The summed E-state index contributed by atoms with van der Waals surface area (Å²) >= 11 is 3.20. The maximum Gasteiger partial charge on any atom is 0.267 e. The predicted molar refractivity (Wildman–Crippen MR) is 56.1 cm³/mol. The fraction of sp³-hybridized carbons (Fsp3) is 0.500. The zero-order valence-electron chi connectivity index (χ0n) is 7.67. The average Bonchev–Trinajstić information content (AvgIpc) is 2.10. The van der Waals surface area contributed by atoms with Crippen molar-refractivity contribution in [3.63, 3.8) is 0 Å². The molecule has 4 nitrogen and oxygen atoms in total. The third-order valence-corrected chi connectivity index (χ3v) is 2.41. The van der Waals surface area contributed by atoms with Crippen molar-refractivity contribution in [3.8, 4) is 0 Å². The van der Waals surface area contributed by atoms with Gasteiger partial charge in [-0.25, -0.2) is 4.98 Å². The Balaban J connectivity index is 3.00. The molecule has 0 aromatic carbocycles. The van der Waals surface area contributed by atoms with Gasteiger partial charge in [-0.2, -0.15) is 0 Å². The maximum absolute atomic E-state index is 11.2. The minimum absolute atomic E-state index is 0.145. The van der Waals surface area contributed by atoms with E-state index >= 15 is 0 Å². The van der Waals surface area contributed by atoms with Crippen LogP contribution in [0, 0.1) is 0 Å². The second kappa shape index (κ2) is 4.41. The minimum Gasteiger partial charge on any atom is -0.359 e. The molecule has 0 radical (unpaired) electrons. The van der Waals surface area contributed by atoms with Crippen LogP contribution in [-0.4, -0.2) is 23.6 Å². The Morgan fingerprint density at radius 1 is 1.69 bits per heavy atom. The molecule has 1 N–H and O–H groups in total. The van der Waals surface area contributed by atoms with Crippen LogP contribution < -0.4 is 10.5 Å². The fourth-order valence-electron chi connectivity index (χ4n) is 1.08. The number of halogens is 1. The van der Waals surface area contributed by atoms with Gasteiger partial charge in [-0.3, -0.25) is 4.79 Å². The summed E-state index contributed by atoms with van der Waals surface area (Å²) in [6, 6.07) is 0. The average molecular weight is 246 g/mol. The smallest absolute Gasteiger partial charge is 0.267 e. The molecule has 0 aliphatic carbocycles. The normalized spacial score (nSPS) is 10.1. The van der Waals surface area contributed by atoms with Crippen LogP contribution >= 0.6 is 15.9 Å². The first-order valence-corrected chi connectivity index (χ1v) is 4.90. The van der Waals surface area contributed by atoms with Crippen LogP contribution in [-0.2, 0) is 0 Å². The molecular formula is C8H12BrN3O. The number of hydrogen-bond acceptors (Lipinski definition) is 3. The van der Waals surface area contributed by atoms with Gasteiger partial charge in [-0.15, -0.1) is 0 Å². The molecule has 0 aliphatic heterocycles. The summed E-state index contributed by atoms with van der Waals surface area (Å²) in [5, 5.41) is 0. The fourth-order valence-corrected chi connectivity index (χ4v) is 1.60. The van der Waals surface area contributed by atoms with Gasteiger partial charge in [0, 0.05) is 13.6 Å². The van der Waals surface area contributed by atoms with Gasteiger partial charge in [-0.05, 0) is 22.4 Å². The molecule has 1 aromatic rings. The summed E-state index contributed by atoms with van der Waals surface area (Å²) in [5.74, 6) is 0.686. The monoisotopic (exact) mass is 245 g/mol. The number of hydrogen-bond donors (Lipinski definition) is 1. The van der Waals surface area contributed by atoms with E-state index in [0.717, 1.165) is 13.0 Å². The predicted octanol–water partition coefficient (Wildman–Crippen LogP) is 1.38. The first kappa shape index (κ1) is 10.2. The van der Waals surface area contributed by atoms with Crippen molar-refractivity contribution in [2.45, 2.75) is 13.3 Å². The molecule has 1 heterocycles. The van der Waals surface area contributed by atoms with E-state index in [4.69, 9.17) is 0 Å². The largest absolute Gasteiger partial charge is 0.359 e. The molecule has 72 valence electrons. The quantitative estimate of drug-likeness (QED) is 0.876. The number of rotatable bonds is 3. The van der Waals surface area contributed by atoms with E-state index in [2.05, 4.69) is 32.8 Å². The highest BCUT2D eigenvalue weighted by Gasteiger charge is 2.08. The van der Waals surface area contributed by atoms with Crippen molar-refractivity contribution in [1.29, 1.82) is 0 Å². The number of aromatic nitrogens is 2. The van der Waals surface area contributed by atoms with Gasteiger partial charge in [0.1, 0.15) is 10.3 Å². The summed E-state index contributed by atoms with van der Waals surface area (Å²) in [7, 11) is 1.91. The van der Waals surface area contributed by atoms with Gasteiger partial charge in [0.25, 0.3) is 5.56 Å². The highest BCUT2D eigenvalue weighted by Crippen LogP contribution is 2.17. The van der Waals surface area contributed by atoms with Crippen LogP contribution in [0.1, 0.15) is 13.3 Å². The zero-order chi connectivity index (χ0) is 9.84. The van der Waals surface area contributed by atoms with E-state index in [9.17, 15) is 4.79 Å². The lowest BCUT2D eigenvalue weighted by Crippen LogP contribution is -2.22. The Morgan fingerprint density at radius 2 is 2.38 bits per heavy atom. The number of aromatic amines is 1. The zero-order valence-corrected chi connectivity index (χ0v) is 9.26. The summed E-state index contributed by atoms with van der Waals surface area (Å²) in [6.07, 6.45) is 2.44. The molecular weight excluding hydrogens is 234 g/mol. The van der Waals surface area contributed by atoms with Gasteiger partial charge < -0.3 is 9.88 Å². The lowest BCUT2D eigenvalue weighted by Gasteiger charge is -2.17. The van der Waals surface area contributed by atoms with Gasteiger partial charge in [0.05, 0.1) is 6.33 Å². The topological polar surface area (TPSA) is 49.0 Å². The second-order valence-electron chi connectivity index (χ2n) is 2.79. The number of nitrogens with one attached hydrogen (secondary N) is 1. The molecule has 1 rings (SSSR count). The molecule has 5 heteroatoms. The van der Waals surface area contributed by atoms with Gasteiger partial charge in [0.15, 0.2) is 0 Å². The molecule has 0 bridgehead atoms. The summed E-state index contributed by atoms with van der Waals surface area (Å²) in [4.78, 5) is 19.7. The van der Waals surface area contributed by atoms with Crippen LogP contribution in [0.3, 0.4) is 0 Å². The molecule has 0 spiro atoms. The molecule has 0 saturated heterocycles. The number of H-pyrrole nitrogens is 1. The van der Waals surface area contributed by atoms with Crippen molar-refractivity contribution in [1.82, 2.24) is 9.97 Å². The molecule has 0 aliphatic rings. The SMILES string of the molecule is CCCN(C)c1nc[nH]c(=O)c1Br. The number of nitrogens with zero attached hydrogens (tertiary/aromatic N) is 2. The van der Waals surface area contributed by atoms with Crippen LogP contribution in [0.5, 0.6) is 0 Å². The van der Waals surface area contributed by atoms with E-state index in [1.54, 1.807) is 0 Å². The first-order valence-electron chi connectivity index (χ1n) is 4.11. The summed E-state index contributed by atoms with van der Waals surface area (Å²) in [5.41, 5.74) is -0.145. The van der Waals surface area contributed by atoms with Crippen molar-refractivity contribution in [3.05, 3.63) is 21.2 Å². The third-order valence-electron chi connectivity index (χ3n) is 1.70. The van der Waals surface area contributed by atoms with Crippen molar-refractivity contribution < 1.29 is 0 Å². The Bertz CT molecular complexity index is 336. The van der Waals surface area contributed by atoms with Crippen molar-refractivity contribution >= 4 is 21.7 Å². The third kappa shape index (κ3) is 2.30. The van der Waals surface area contributed by atoms with E-state index in [-0.39, 0.29) is 5.56 Å².